The summed E-state index contributed by atoms with van der Waals surface area (Å²) < 4.78 is 49.4. The zero-order valence-electron chi connectivity index (χ0n) is 36.1. The third-order valence-corrected chi connectivity index (χ3v) is 13.8. The second kappa shape index (κ2) is 13.7. The zero-order valence-corrected chi connectivity index (χ0v) is 36.1. The molecule has 6 fully saturated rings. The van der Waals surface area contributed by atoms with Crippen LogP contribution in [0.2, 0.25) is 0 Å². The number of imidazole rings is 1. The van der Waals surface area contributed by atoms with Gasteiger partial charge in [0, 0.05) is 58.6 Å². The van der Waals surface area contributed by atoms with E-state index < -0.39 is 41.3 Å². The largest absolute Gasteiger partial charge is 0.444 e. The number of halogens is 2. The van der Waals surface area contributed by atoms with Crippen molar-refractivity contribution in [1.82, 2.24) is 29.7 Å². The van der Waals surface area contributed by atoms with Crippen LogP contribution in [0.25, 0.3) is 5.65 Å². The monoisotopic (exact) mass is 832 g/mol. The number of likely N-dealkylation sites (tertiary alicyclic amines) is 2. The number of rotatable bonds is 8. The molecular formula is C44H58F2N8O6. The topological polar surface area (TPSA) is 134 Å². The Morgan fingerprint density at radius 1 is 0.983 bits per heavy atom. The molecule has 7 aliphatic rings. The molecule has 1 aromatic carbocycles. The lowest BCUT2D eigenvalue weighted by Crippen LogP contribution is -2.74. The minimum Gasteiger partial charge on any atom is -0.444 e. The van der Waals surface area contributed by atoms with Gasteiger partial charge in [-0.1, -0.05) is 12.1 Å². The van der Waals surface area contributed by atoms with Gasteiger partial charge in [0.15, 0.2) is 17.2 Å². The highest BCUT2D eigenvalue weighted by Gasteiger charge is 2.71. The van der Waals surface area contributed by atoms with Crippen molar-refractivity contribution in [3.05, 3.63) is 47.3 Å². The van der Waals surface area contributed by atoms with Crippen LogP contribution in [0, 0.1) is 10.8 Å². The van der Waals surface area contributed by atoms with Gasteiger partial charge >= 0.3 is 12.2 Å². The molecule has 60 heavy (non-hydrogen) atoms. The molecule has 4 aliphatic carbocycles. The van der Waals surface area contributed by atoms with E-state index in [1.165, 1.54) is 31.6 Å². The standard InChI is InChI=1S/C44H58F2N8O6/c1-39(2,3)59-37(56)50(7)31-18-34(49-54-32(19-47-35(31)54)36(55)48-29-12-13-33(29)58-8)53-16-14-27-28(10-9-11-30(27)53)42-20-41(21-42,22-42)23-51-24-43(25-51)15-17-52(26-44(43,45)46)38(57)60-40(4,5)6/h9-11,18-19,29,33H,12-17,20-26H2,1-8H3,(H,48,55)/t29-,33-,41?,42?/m1/s1. The van der Waals surface area contributed by atoms with Gasteiger partial charge in [0.1, 0.15) is 11.2 Å². The smallest absolute Gasteiger partial charge is 0.414 e. The first-order valence-electron chi connectivity index (χ1n) is 21.3. The maximum atomic E-state index is 15.6. The summed E-state index contributed by atoms with van der Waals surface area (Å²) in [5.74, 6) is -2.72. The third kappa shape index (κ3) is 6.76. The van der Waals surface area contributed by atoms with Crippen LogP contribution < -0.4 is 15.1 Å². The van der Waals surface area contributed by atoms with Gasteiger partial charge in [0.05, 0.1) is 36.0 Å². The van der Waals surface area contributed by atoms with Crippen LogP contribution in [0.15, 0.2) is 30.5 Å². The Bertz CT molecular complexity index is 2220. The Balaban J connectivity index is 0.912. The number of hydrogen-bond donors (Lipinski definition) is 1. The van der Waals surface area contributed by atoms with Crippen LogP contribution in [0.1, 0.15) is 102 Å². The van der Waals surface area contributed by atoms with Crippen LogP contribution in [0.5, 0.6) is 0 Å². The summed E-state index contributed by atoms with van der Waals surface area (Å²) >= 11 is 0. The number of nitrogens with one attached hydrogen (secondary N) is 1. The molecule has 4 saturated carbocycles. The van der Waals surface area contributed by atoms with E-state index in [9.17, 15) is 14.4 Å². The molecular weight excluding hydrogens is 775 g/mol. The highest BCUT2D eigenvalue weighted by atomic mass is 19.3. The van der Waals surface area contributed by atoms with Gasteiger partial charge in [-0.15, -0.1) is 5.10 Å². The third-order valence-electron chi connectivity index (χ3n) is 13.8. The average Bonchev–Trinajstić information content (AvgIpc) is 3.73. The fourth-order valence-corrected chi connectivity index (χ4v) is 11.0. The molecule has 10 rings (SSSR count). The van der Waals surface area contributed by atoms with Crippen LogP contribution in [-0.2, 0) is 26.0 Å². The summed E-state index contributed by atoms with van der Waals surface area (Å²) in [6.45, 7) is 12.5. The molecule has 2 saturated heterocycles. The Kier molecular flexibility index (Phi) is 9.33. The van der Waals surface area contributed by atoms with E-state index in [-0.39, 0.29) is 47.5 Å². The average molecular weight is 833 g/mol. The maximum Gasteiger partial charge on any atom is 0.414 e. The Labute approximate surface area is 349 Å². The van der Waals surface area contributed by atoms with Crippen molar-refractivity contribution in [1.29, 1.82) is 0 Å². The van der Waals surface area contributed by atoms with Crippen molar-refractivity contribution in [2.24, 2.45) is 10.8 Å². The van der Waals surface area contributed by atoms with Crippen molar-refractivity contribution >= 4 is 40.9 Å². The number of aromatic nitrogens is 3. The molecule has 324 valence electrons. The van der Waals surface area contributed by atoms with E-state index in [0.29, 0.717) is 36.8 Å². The lowest BCUT2D eigenvalue weighted by Gasteiger charge is -2.73. The number of fused-ring (bicyclic) bond motifs is 2. The van der Waals surface area contributed by atoms with Gasteiger partial charge in [0.25, 0.3) is 11.8 Å². The molecule has 0 radical (unpaired) electrons. The van der Waals surface area contributed by atoms with E-state index >= 15 is 8.78 Å². The molecule has 3 amide bonds. The van der Waals surface area contributed by atoms with Crippen molar-refractivity contribution in [2.75, 3.05) is 63.2 Å². The molecule has 1 N–H and O–H groups in total. The van der Waals surface area contributed by atoms with Gasteiger partial charge in [-0.2, -0.15) is 0 Å². The second-order valence-corrected chi connectivity index (χ2v) is 20.5. The lowest BCUT2D eigenvalue weighted by atomic mass is 9.33. The summed E-state index contributed by atoms with van der Waals surface area (Å²) in [6, 6.07) is 8.17. The number of alkyl halides is 2. The van der Waals surface area contributed by atoms with Gasteiger partial charge in [-0.05, 0) is 115 Å². The first-order valence-corrected chi connectivity index (χ1v) is 21.3. The molecule has 14 nitrogen and oxygen atoms in total. The minimum absolute atomic E-state index is 0.0466. The van der Waals surface area contributed by atoms with E-state index in [1.54, 1.807) is 34.9 Å². The Morgan fingerprint density at radius 3 is 2.33 bits per heavy atom. The van der Waals surface area contributed by atoms with E-state index in [2.05, 4.69) is 38.3 Å². The number of carbonyl (C=O) groups is 3. The van der Waals surface area contributed by atoms with E-state index in [1.807, 2.05) is 26.8 Å². The summed E-state index contributed by atoms with van der Waals surface area (Å²) in [5.41, 5.74) is 2.34. The molecule has 3 aromatic rings. The summed E-state index contributed by atoms with van der Waals surface area (Å²) in [5, 5.41) is 8.07. The van der Waals surface area contributed by atoms with Gasteiger partial charge < -0.3 is 34.2 Å². The number of amides is 3. The van der Waals surface area contributed by atoms with Crippen molar-refractivity contribution in [3.8, 4) is 0 Å². The number of ether oxygens (including phenoxy) is 3. The highest BCUT2D eigenvalue weighted by molar-refractivity contribution is 5.97. The predicted molar refractivity (Wildman–Crippen MR) is 220 cm³/mol. The molecule has 3 aliphatic heterocycles. The number of anilines is 3. The van der Waals surface area contributed by atoms with E-state index in [0.717, 1.165) is 50.8 Å². The van der Waals surface area contributed by atoms with Crippen molar-refractivity contribution < 1.29 is 37.4 Å². The molecule has 2 aromatic heterocycles. The lowest BCUT2D eigenvalue weighted by molar-refractivity contribution is -0.242. The van der Waals surface area contributed by atoms with Gasteiger partial charge in [-0.3, -0.25) is 9.69 Å². The fourth-order valence-electron chi connectivity index (χ4n) is 11.0. The SMILES string of the molecule is CO[C@@H]1CC[C@H]1NC(=O)c1cnc2c(N(C)C(=O)OC(C)(C)C)cc(N3CCc4c3cccc4C34CC(CN5CC6(CCN(C(=O)OC(C)(C)C)CC6(F)F)C5)(C3)C4)nn12. The van der Waals surface area contributed by atoms with Crippen LogP contribution in [0.3, 0.4) is 0 Å². The molecule has 2 atom stereocenters. The normalized spacial score (nSPS) is 27.6. The first kappa shape index (κ1) is 40.8. The summed E-state index contributed by atoms with van der Waals surface area (Å²) in [4.78, 5) is 51.2. The predicted octanol–water partition coefficient (Wildman–Crippen LogP) is 6.70. The first-order chi connectivity index (χ1) is 28.1. The molecule has 1 spiro atoms. The quantitative estimate of drug-likeness (QED) is 0.262. The number of piperidine rings is 1. The van der Waals surface area contributed by atoms with Gasteiger partial charge in [0.2, 0.25) is 0 Å². The van der Waals surface area contributed by atoms with Crippen molar-refractivity contribution in [2.45, 2.75) is 121 Å². The minimum atomic E-state index is -2.98. The fraction of sp³-hybridized carbons (Fsp3) is 0.659. The number of hydrogen-bond acceptors (Lipinski definition) is 10. The summed E-state index contributed by atoms with van der Waals surface area (Å²) in [7, 11) is 3.28. The number of nitrogens with zero attached hydrogens (tertiary/aromatic N) is 7. The second-order valence-electron chi connectivity index (χ2n) is 20.5. The highest BCUT2D eigenvalue weighted by Crippen LogP contribution is 2.75. The number of methoxy groups -OCH3 is 1. The molecule has 5 heterocycles. The Morgan fingerprint density at radius 2 is 1.70 bits per heavy atom. The van der Waals surface area contributed by atoms with Crippen LogP contribution in [-0.4, -0.2) is 125 Å². The molecule has 16 heteroatoms. The Hall–Kier alpha value is -4.57. The van der Waals surface area contributed by atoms with E-state index in [4.69, 9.17) is 19.3 Å². The summed E-state index contributed by atoms with van der Waals surface area (Å²) in [6.07, 6.45) is 6.05. The molecule has 0 unspecified atom stereocenters. The van der Waals surface area contributed by atoms with Crippen LogP contribution in [0.4, 0.5) is 35.6 Å². The van der Waals surface area contributed by atoms with Crippen LogP contribution >= 0.6 is 0 Å². The van der Waals surface area contributed by atoms with Crippen molar-refractivity contribution in [3.63, 3.8) is 0 Å². The number of carbonyl (C=O) groups excluding carboxylic acids is 3. The molecule has 2 bridgehead atoms. The van der Waals surface area contributed by atoms with Gasteiger partial charge in [-0.25, -0.2) is 27.9 Å². The maximum absolute atomic E-state index is 15.6. The number of benzene rings is 1. The zero-order chi connectivity index (χ0) is 42.8.